The lowest BCUT2D eigenvalue weighted by Gasteiger charge is -2.23. The zero-order valence-electron chi connectivity index (χ0n) is 17.1. The molecule has 4 rings (SSSR count). The molecule has 0 unspecified atom stereocenters. The molecule has 0 fully saturated rings. The first-order chi connectivity index (χ1) is 14.7. The highest BCUT2D eigenvalue weighted by atomic mass is 19.1. The predicted molar refractivity (Wildman–Crippen MR) is 114 cm³/mol. The summed E-state index contributed by atoms with van der Waals surface area (Å²) < 4.78 is 30.7. The molecule has 1 aliphatic heterocycles. The van der Waals surface area contributed by atoms with Crippen molar-refractivity contribution >= 4 is 0 Å². The van der Waals surface area contributed by atoms with Gasteiger partial charge in [0, 0.05) is 25.2 Å². The van der Waals surface area contributed by atoms with Crippen molar-refractivity contribution in [2.45, 2.75) is 26.4 Å². The summed E-state index contributed by atoms with van der Waals surface area (Å²) >= 11 is 0. The van der Waals surface area contributed by atoms with Crippen molar-refractivity contribution in [1.29, 1.82) is 0 Å². The van der Waals surface area contributed by atoms with Crippen LogP contribution in [0, 0.1) is 5.82 Å². The van der Waals surface area contributed by atoms with Gasteiger partial charge < -0.3 is 14.2 Å². The fourth-order valence-corrected chi connectivity index (χ4v) is 3.58. The van der Waals surface area contributed by atoms with Crippen LogP contribution >= 0.6 is 0 Å². The zero-order chi connectivity index (χ0) is 20.8. The highest BCUT2D eigenvalue weighted by Gasteiger charge is 2.15. The third-order valence-electron chi connectivity index (χ3n) is 5.15. The Hall–Kier alpha value is -3.05. The average Bonchev–Trinajstić information content (AvgIpc) is 3.23. The van der Waals surface area contributed by atoms with Gasteiger partial charge in [0.15, 0.2) is 11.5 Å². The maximum absolute atomic E-state index is 14.3. The van der Waals surface area contributed by atoms with Crippen LogP contribution in [0.15, 0.2) is 66.7 Å². The number of benzene rings is 3. The summed E-state index contributed by atoms with van der Waals surface area (Å²) in [6.45, 7) is 4.96. The van der Waals surface area contributed by atoms with E-state index in [1.165, 1.54) is 17.2 Å². The molecule has 0 atom stereocenters. The van der Waals surface area contributed by atoms with Gasteiger partial charge in [0.05, 0.1) is 6.61 Å². The van der Waals surface area contributed by atoms with Crippen molar-refractivity contribution in [2.24, 2.45) is 0 Å². The second-order valence-corrected chi connectivity index (χ2v) is 7.32. The van der Waals surface area contributed by atoms with E-state index in [2.05, 4.69) is 23.1 Å². The monoisotopic (exact) mass is 407 g/mol. The van der Waals surface area contributed by atoms with E-state index in [0.29, 0.717) is 18.7 Å². The number of fused-ring (bicyclic) bond motifs is 1. The molecular weight excluding hydrogens is 381 g/mol. The molecule has 3 aromatic rings. The first kappa shape index (κ1) is 20.2. The molecule has 156 valence electrons. The lowest BCUT2D eigenvalue weighted by molar-refractivity contribution is 0.174. The molecule has 0 aliphatic carbocycles. The van der Waals surface area contributed by atoms with Gasteiger partial charge in [-0.25, -0.2) is 4.39 Å². The topological polar surface area (TPSA) is 30.9 Å². The van der Waals surface area contributed by atoms with Crippen LogP contribution < -0.4 is 14.2 Å². The van der Waals surface area contributed by atoms with Gasteiger partial charge in [-0.3, -0.25) is 4.90 Å². The molecular formula is C25H26FNO3. The molecule has 0 N–H and O–H groups in total. The highest BCUT2D eigenvalue weighted by Crippen LogP contribution is 2.32. The number of hydrogen-bond donors (Lipinski definition) is 0. The molecule has 30 heavy (non-hydrogen) atoms. The molecule has 0 radical (unpaired) electrons. The van der Waals surface area contributed by atoms with Crippen molar-refractivity contribution in [2.75, 3.05) is 19.9 Å². The summed E-state index contributed by atoms with van der Waals surface area (Å²) in [5.74, 6) is 2.27. The van der Waals surface area contributed by atoms with Crippen LogP contribution in [0.25, 0.3) is 0 Å². The number of hydrogen-bond acceptors (Lipinski definition) is 4. The van der Waals surface area contributed by atoms with E-state index in [9.17, 15) is 4.39 Å². The molecule has 1 heterocycles. The maximum atomic E-state index is 14.3. The molecule has 4 nitrogen and oxygen atoms in total. The second kappa shape index (κ2) is 9.63. The third kappa shape index (κ3) is 5.10. The fraction of sp³-hybridized carbons (Fsp3) is 0.280. The van der Waals surface area contributed by atoms with Crippen LogP contribution in [-0.4, -0.2) is 24.8 Å². The van der Waals surface area contributed by atoms with E-state index in [0.717, 1.165) is 36.8 Å². The fourth-order valence-electron chi connectivity index (χ4n) is 3.58. The third-order valence-corrected chi connectivity index (χ3v) is 5.15. The summed E-state index contributed by atoms with van der Waals surface area (Å²) in [6.07, 6.45) is 0.835. The van der Waals surface area contributed by atoms with E-state index in [4.69, 9.17) is 14.2 Å². The quantitative estimate of drug-likeness (QED) is 0.488. The molecule has 0 aromatic heterocycles. The van der Waals surface area contributed by atoms with Crippen LogP contribution in [0.5, 0.6) is 17.2 Å². The number of halogens is 1. The van der Waals surface area contributed by atoms with E-state index in [1.807, 2.05) is 43.3 Å². The average molecular weight is 407 g/mol. The van der Waals surface area contributed by atoms with Gasteiger partial charge in [-0.05, 0) is 54.8 Å². The Bertz CT molecular complexity index is 974. The summed E-state index contributed by atoms with van der Waals surface area (Å²) in [7, 11) is 0. The van der Waals surface area contributed by atoms with Crippen molar-refractivity contribution in [3.8, 4) is 17.2 Å². The Morgan fingerprint density at radius 3 is 2.47 bits per heavy atom. The Balaban J connectivity index is 1.47. The smallest absolute Gasteiger partial charge is 0.231 e. The summed E-state index contributed by atoms with van der Waals surface area (Å²) in [6, 6.07) is 21.1. The molecule has 3 aromatic carbocycles. The van der Waals surface area contributed by atoms with Crippen LogP contribution in [0.4, 0.5) is 4.39 Å². The van der Waals surface area contributed by atoms with Crippen molar-refractivity contribution in [1.82, 2.24) is 4.90 Å². The SMILES string of the molecule is CCOc1ccc(CN(CCc2ccc3c(c2)OCO3)Cc2ccccc2F)cc1. The van der Waals surface area contributed by atoms with Crippen LogP contribution in [0.3, 0.4) is 0 Å². The molecule has 0 bridgehead atoms. The standard InChI is InChI=1S/C25H26FNO3/c1-2-28-22-10-7-20(8-11-22)16-27(17-21-5-3-4-6-23(21)26)14-13-19-9-12-24-25(15-19)30-18-29-24/h3-12,15H,2,13-14,16-18H2,1H3. The zero-order valence-corrected chi connectivity index (χ0v) is 17.1. The first-order valence-electron chi connectivity index (χ1n) is 10.3. The van der Waals surface area contributed by atoms with Gasteiger partial charge in [-0.15, -0.1) is 0 Å². The molecule has 0 amide bonds. The Kier molecular flexibility index (Phi) is 6.50. The molecule has 1 aliphatic rings. The summed E-state index contributed by atoms with van der Waals surface area (Å²) in [5.41, 5.74) is 3.04. The van der Waals surface area contributed by atoms with Crippen LogP contribution in [0.2, 0.25) is 0 Å². The van der Waals surface area contributed by atoms with Gasteiger partial charge in [0.1, 0.15) is 11.6 Å². The number of rotatable bonds is 9. The normalized spacial score (nSPS) is 12.4. The minimum absolute atomic E-state index is 0.169. The highest BCUT2D eigenvalue weighted by molar-refractivity contribution is 5.44. The van der Waals surface area contributed by atoms with E-state index < -0.39 is 0 Å². The number of nitrogens with zero attached hydrogens (tertiary/aromatic N) is 1. The predicted octanol–water partition coefficient (Wildman–Crippen LogP) is 5.20. The van der Waals surface area contributed by atoms with Gasteiger partial charge in [-0.1, -0.05) is 36.4 Å². The Morgan fingerprint density at radius 1 is 0.900 bits per heavy atom. The van der Waals surface area contributed by atoms with E-state index in [-0.39, 0.29) is 12.6 Å². The van der Waals surface area contributed by atoms with Crippen LogP contribution in [-0.2, 0) is 19.5 Å². The molecule has 0 saturated carbocycles. The molecule has 0 saturated heterocycles. The second-order valence-electron chi connectivity index (χ2n) is 7.32. The Labute approximate surface area is 176 Å². The minimum atomic E-state index is -0.169. The van der Waals surface area contributed by atoms with Crippen molar-refractivity contribution in [3.63, 3.8) is 0 Å². The van der Waals surface area contributed by atoms with E-state index >= 15 is 0 Å². The maximum Gasteiger partial charge on any atom is 0.231 e. The Morgan fingerprint density at radius 2 is 1.67 bits per heavy atom. The summed E-state index contributed by atoms with van der Waals surface area (Å²) in [5, 5.41) is 0. The van der Waals surface area contributed by atoms with Crippen molar-refractivity contribution in [3.05, 3.63) is 89.2 Å². The minimum Gasteiger partial charge on any atom is -0.494 e. The van der Waals surface area contributed by atoms with Gasteiger partial charge in [0.2, 0.25) is 6.79 Å². The summed E-state index contributed by atoms with van der Waals surface area (Å²) in [4.78, 5) is 2.26. The van der Waals surface area contributed by atoms with Gasteiger partial charge in [0.25, 0.3) is 0 Å². The lowest BCUT2D eigenvalue weighted by atomic mass is 10.1. The van der Waals surface area contributed by atoms with Gasteiger partial charge in [-0.2, -0.15) is 0 Å². The molecule has 0 spiro atoms. The first-order valence-corrected chi connectivity index (χ1v) is 10.3. The van der Waals surface area contributed by atoms with E-state index in [1.54, 1.807) is 6.07 Å². The van der Waals surface area contributed by atoms with Crippen molar-refractivity contribution < 1.29 is 18.6 Å². The number of ether oxygens (including phenoxy) is 3. The lowest BCUT2D eigenvalue weighted by Crippen LogP contribution is -2.26. The van der Waals surface area contributed by atoms with Crippen LogP contribution in [0.1, 0.15) is 23.6 Å². The largest absolute Gasteiger partial charge is 0.494 e. The van der Waals surface area contributed by atoms with Gasteiger partial charge >= 0.3 is 0 Å². The molecule has 5 heteroatoms.